The van der Waals surface area contributed by atoms with Gasteiger partial charge in [-0.1, -0.05) is 6.07 Å². The highest BCUT2D eigenvalue weighted by Crippen LogP contribution is 2.34. The largest absolute Gasteiger partial charge is 0.467 e. The van der Waals surface area contributed by atoms with E-state index < -0.39 is 0 Å². The van der Waals surface area contributed by atoms with E-state index in [0.717, 1.165) is 35.6 Å². The molecule has 6 nitrogen and oxygen atoms in total. The van der Waals surface area contributed by atoms with Crippen molar-refractivity contribution < 1.29 is 9.21 Å². The first-order valence-electron chi connectivity index (χ1n) is 8.66. The Morgan fingerprint density at radius 2 is 2.24 bits per heavy atom. The number of imidazole rings is 1. The van der Waals surface area contributed by atoms with Gasteiger partial charge in [-0.05, 0) is 51.0 Å². The number of fused-ring (bicyclic) bond motifs is 1. The number of hydrogen-bond donors (Lipinski definition) is 1. The van der Waals surface area contributed by atoms with Crippen molar-refractivity contribution in [2.45, 2.75) is 45.3 Å². The molecule has 4 rings (SSSR count). The molecule has 0 saturated heterocycles. The summed E-state index contributed by atoms with van der Waals surface area (Å²) in [6.07, 6.45) is 5.72. The van der Waals surface area contributed by atoms with Crippen LogP contribution in [0.3, 0.4) is 0 Å². The number of carbonyl (C=O) groups is 1. The van der Waals surface area contributed by atoms with Crippen molar-refractivity contribution in [3.63, 3.8) is 0 Å². The van der Waals surface area contributed by atoms with Crippen molar-refractivity contribution >= 4 is 11.7 Å². The zero-order valence-electron chi connectivity index (χ0n) is 14.5. The van der Waals surface area contributed by atoms with Crippen molar-refractivity contribution in [3.05, 3.63) is 59.9 Å². The molecule has 1 aliphatic rings. The Morgan fingerprint density at radius 3 is 2.92 bits per heavy atom. The summed E-state index contributed by atoms with van der Waals surface area (Å²) in [4.78, 5) is 19.2. The molecule has 2 amide bonds. The molecule has 1 unspecified atom stereocenters. The van der Waals surface area contributed by atoms with Gasteiger partial charge in [-0.25, -0.2) is 9.78 Å². The Hall–Kier alpha value is -2.76. The highest BCUT2D eigenvalue weighted by Gasteiger charge is 2.37. The van der Waals surface area contributed by atoms with E-state index in [9.17, 15) is 4.79 Å². The topological polar surface area (TPSA) is 62.8 Å². The summed E-state index contributed by atoms with van der Waals surface area (Å²) in [6.45, 7) is 4.45. The molecule has 1 saturated carbocycles. The van der Waals surface area contributed by atoms with E-state index in [4.69, 9.17) is 4.42 Å². The normalized spacial score (nSPS) is 15.3. The highest BCUT2D eigenvalue weighted by atomic mass is 16.3. The molecule has 0 spiro atoms. The smallest absolute Gasteiger partial charge is 0.318 e. The predicted octanol–water partition coefficient (Wildman–Crippen LogP) is 3.67. The molecule has 0 aliphatic heterocycles. The number of urea groups is 1. The van der Waals surface area contributed by atoms with Crippen LogP contribution in [-0.2, 0) is 6.54 Å². The van der Waals surface area contributed by atoms with Gasteiger partial charge in [0.15, 0.2) is 0 Å². The van der Waals surface area contributed by atoms with Gasteiger partial charge in [0.1, 0.15) is 11.4 Å². The zero-order chi connectivity index (χ0) is 17.4. The number of furan rings is 1. The Balaban J connectivity index is 1.47. The molecule has 0 bridgehead atoms. The molecule has 25 heavy (non-hydrogen) atoms. The minimum absolute atomic E-state index is 0.0693. The molecule has 1 N–H and O–H groups in total. The third-order valence-corrected chi connectivity index (χ3v) is 4.71. The lowest BCUT2D eigenvalue weighted by atomic mass is 10.2. The van der Waals surface area contributed by atoms with Gasteiger partial charge >= 0.3 is 6.03 Å². The number of hydrogen-bond acceptors (Lipinski definition) is 3. The number of amides is 2. The Labute approximate surface area is 146 Å². The van der Waals surface area contributed by atoms with Crippen LogP contribution in [0.15, 0.2) is 47.2 Å². The molecule has 1 fully saturated rings. The Kier molecular flexibility index (Phi) is 3.95. The fraction of sp³-hybridized carbons (Fsp3) is 0.368. The second kappa shape index (κ2) is 6.27. The molecule has 1 atom stereocenters. The molecule has 3 heterocycles. The van der Waals surface area contributed by atoms with E-state index in [0.29, 0.717) is 12.6 Å². The maximum absolute atomic E-state index is 12.8. The molecule has 6 heteroatoms. The van der Waals surface area contributed by atoms with E-state index in [1.807, 2.05) is 59.7 Å². The number of nitrogens with zero attached hydrogens (tertiary/aromatic N) is 3. The molecular weight excluding hydrogens is 316 g/mol. The molecule has 1 aliphatic carbocycles. The number of pyridine rings is 1. The van der Waals surface area contributed by atoms with Crippen LogP contribution in [0.2, 0.25) is 0 Å². The van der Waals surface area contributed by atoms with Crippen molar-refractivity contribution in [1.82, 2.24) is 19.6 Å². The summed E-state index contributed by atoms with van der Waals surface area (Å²) in [5.74, 6) is 0.811. The van der Waals surface area contributed by atoms with Crippen LogP contribution in [0, 0.1) is 6.92 Å². The van der Waals surface area contributed by atoms with Crippen molar-refractivity contribution in [2.24, 2.45) is 0 Å². The van der Waals surface area contributed by atoms with E-state index in [-0.39, 0.29) is 12.1 Å². The molecule has 0 radical (unpaired) electrons. The highest BCUT2D eigenvalue weighted by molar-refractivity contribution is 5.75. The lowest BCUT2D eigenvalue weighted by Crippen LogP contribution is -2.42. The summed E-state index contributed by atoms with van der Waals surface area (Å²) in [7, 11) is 0. The van der Waals surface area contributed by atoms with Crippen LogP contribution in [0.4, 0.5) is 4.79 Å². The standard InChI is InChI=1S/C19H22N4O2/c1-13-5-3-7-18-21-15(12-22(13)18)11-20-19(24)23(16-8-9-16)14(2)17-6-4-10-25-17/h3-7,10,12,14,16H,8-9,11H2,1-2H3,(H,20,24). The molecule has 0 aromatic carbocycles. The molecule has 3 aromatic rings. The quantitative estimate of drug-likeness (QED) is 0.772. The minimum atomic E-state index is -0.0780. The molecule has 130 valence electrons. The fourth-order valence-electron chi connectivity index (χ4n) is 3.22. The first kappa shape index (κ1) is 15.7. The van der Waals surface area contributed by atoms with Crippen molar-refractivity contribution in [2.75, 3.05) is 0 Å². The fourth-order valence-corrected chi connectivity index (χ4v) is 3.22. The molecule has 3 aromatic heterocycles. The monoisotopic (exact) mass is 338 g/mol. The SMILES string of the molecule is Cc1cccc2nc(CNC(=O)N(C3CC3)C(C)c3ccco3)cn12. The van der Waals surface area contributed by atoms with Gasteiger partial charge in [-0.2, -0.15) is 0 Å². The summed E-state index contributed by atoms with van der Waals surface area (Å²) < 4.78 is 7.52. The van der Waals surface area contributed by atoms with Gasteiger partial charge in [-0.15, -0.1) is 0 Å². The number of carbonyl (C=O) groups excluding carboxylic acids is 1. The van der Waals surface area contributed by atoms with E-state index in [2.05, 4.69) is 10.3 Å². The van der Waals surface area contributed by atoms with E-state index in [1.54, 1.807) is 6.26 Å². The average molecular weight is 338 g/mol. The van der Waals surface area contributed by atoms with Crippen molar-refractivity contribution in [1.29, 1.82) is 0 Å². The van der Waals surface area contributed by atoms with Gasteiger partial charge < -0.3 is 19.0 Å². The molecular formula is C19H22N4O2. The van der Waals surface area contributed by atoms with Crippen LogP contribution in [0.25, 0.3) is 5.65 Å². The summed E-state index contributed by atoms with van der Waals surface area (Å²) in [6, 6.07) is 9.91. The summed E-state index contributed by atoms with van der Waals surface area (Å²) >= 11 is 0. The van der Waals surface area contributed by atoms with Crippen molar-refractivity contribution in [3.8, 4) is 0 Å². The van der Waals surface area contributed by atoms with Gasteiger partial charge in [0.05, 0.1) is 24.5 Å². The Bertz CT molecular complexity index is 880. The van der Waals surface area contributed by atoms with Gasteiger partial charge in [0, 0.05) is 17.9 Å². The van der Waals surface area contributed by atoms with E-state index >= 15 is 0 Å². The Morgan fingerprint density at radius 1 is 1.40 bits per heavy atom. The van der Waals surface area contributed by atoms with Crippen LogP contribution in [-0.4, -0.2) is 26.4 Å². The summed E-state index contributed by atoms with van der Waals surface area (Å²) in [5, 5.41) is 3.01. The minimum Gasteiger partial charge on any atom is -0.467 e. The van der Waals surface area contributed by atoms with Gasteiger partial charge in [-0.3, -0.25) is 0 Å². The maximum atomic E-state index is 12.8. The van der Waals surface area contributed by atoms with Crippen LogP contribution in [0.1, 0.15) is 43.0 Å². The predicted molar refractivity (Wildman–Crippen MR) is 94.1 cm³/mol. The lowest BCUT2D eigenvalue weighted by Gasteiger charge is -2.28. The van der Waals surface area contributed by atoms with Gasteiger partial charge in [0.25, 0.3) is 0 Å². The summed E-state index contributed by atoms with van der Waals surface area (Å²) in [5.41, 5.74) is 2.87. The number of nitrogens with one attached hydrogen (secondary N) is 1. The first-order valence-corrected chi connectivity index (χ1v) is 8.66. The zero-order valence-corrected chi connectivity index (χ0v) is 14.5. The number of rotatable bonds is 5. The second-order valence-corrected chi connectivity index (χ2v) is 6.62. The third-order valence-electron chi connectivity index (χ3n) is 4.71. The van der Waals surface area contributed by atoms with Crippen LogP contribution < -0.4 is 5.32 Å². The third kappa shape index (κ3) is 3.12. The van der Waals surface area contributed by atoms with Gasteiger partial charge in [0.2, 0.25) is 0 Å². The van der Waals surface area contributed by atoms with Crippen LogP contribution >= 0.6 is 0 Å². The maximum Gasteiger partial charge on any atom is 0.318 e. The van der Waals surface area contributed by atoms with Crippen LogP contribution in [0.5, 0.6) is 0 Å². The first-order chi connectivity index (χ1) is 12.1. The number of aromatic nitrogens is 2. The average Bonchev–Trinajstić information content (AvgIpc) is 3.13. The van der Waals surface area contributed by atoms with E-state index in [1.165, 1.54) is 0 Å². The lowest BCUT2D eigenvalue weighted by molar-refractivity contribution is 0.166. The second-order valence-electron chi connectivity index (χ2n) is 6.62. The number of aryl methyl sites for hydroxylation is 1.